The van der Waals surface area contributed by atoms with Crippen molar-refractivity contribution in [2.45, 2.75) is 37.4 Å². The molecular formula is C19H30N4O3. The molecule has 3 aliphatic heterocycles. The van der Waals surface area contributed by atoms with E-state index in [0.717, 1.165) is 76.8 Å². The number of rotatable bonds is 5. The number of ether oxygens (including phenoxy) is 3. The van der Waals surface area contributed by atoms with Crippen LogP contribution in [0.1, 0.15) is 25.7 Å². The van der Waals surface area contributed by atoms with Gasteiger partial charge in [-0.1, -0.05) is 0 Å². The number of aromatic nitrogens is 2. The van der Waals surface area contributed by atoms with Crippen LogP contribution in [0.3, 0.4) is 0 Å². The standard InChI is InChI=1S/C19H30N4O3/c1-22(2)17-9-18(21-14-20-17)23-12-19(13-23)10-16(5-8-26-19)25-11-15-3-6-24-7-4-15/h9,14-16H,3-8,10-13H2,1-2H3/t16-/m1/s1. The summed E-state index contributed by atoms with van der Waals surface area (Å²) in [4.78, 5) is 13.0. The fourth-order valence-electron chi connectivity index (χ4n) is 4.10. The third-order valence-electron chi connectivity index (χ3n) is 5.73. The van der Waals surface area contributed by atoms with Crippen molar-refractivity contribution in [1.29, 1.82) is 0 Å². The van der Waals surface area contributed by atoms with Crippen molar-refractivity contribution in [2.24, 2.45) is 5.92 Å². The predicted octanol–water partition coefficient (Wildman–Crippen LogP) is 1.72. The van der Waals surface area contributed by atoms with Gasteiger partial charge < -0.3 is 24.0 Å². The van der Waals surface area contributed by atoms with Gasteiger partial charge in [0, 0.05) is 53.0 Å². The Balaban J connectivity index is 1.29. The zero-order chi connectivity index (χ0) is 18.0. The molecule has 0 saturated carbocycles. The molecule has 0 N–H and O–H groups in total. The van der Waals surface area contributed by atoms with Gasteiger partial charge in [0.2, 0.25) is 0 Å². The molecule has 26 heavy (non-hydrogen) atoms. The van der Waals surface area contributed by atoms with Crippen LogP contribution in [-0.2, 0) is 14.2 Å². The average Bonchev–Trinajstić information content (AvgIpc) is 2.65. The minimum absolute atomic E-state index is 0.0676. The lowest BCUT2D eigenvalue weighted by atomic mass is 9.84. The van der Waals surface area contributed by atoms with Gasteiger partial charge in [0.25, 0.3) is 0 Å². The SMILES string of the molecule is CN(C)c1cc(N2CC3(C[C@H](OCC4CCOCC4)CCO3)C2)ncn1. The van der Waals surface area contributed by atoms with E-state index in [2.05, 4.69) is 14.9 Å². The van der Waals surface area contributed by atoms with Crippen molar-refractivity contribution in [3.63, 3.8) is 0 Å². The summed E-state index contributed by atoms with van der Waals surface area (Å²) >= 11 is 0. The topological polar surface area (TPSA) is 60.0 Å². The van der Waals surface area contributed by atoms with E-state index in [0.29, 0.717) is 12.0 Å². The summed E-state index contributed by atoms with van der Waals surface area (Å²) in [7, 11) is 3.99. The second kappa shape index (κ2) is 7.66. The van der Waals surface area contributed by atoms with E-state index in [4.69, 9.17) is 14.2 Å². The maximum absolute atomic E-state index is 6.26. The number of hydrogen-bond donors (Lipinski definition) is 0. The highest BCUT2D eigenvalue weighted by Gasteiger charge is 2.48. The molecule has 0 bridgehead atoms. The monoisotopic (exact) mass is 362 g/mol. The Kier molecular flexibility index (Phi) is 5.29. The molecule has 0 unspecified atom stereocenters. The van der Waals surface area contributed by atoms with E-state index in [1.54, 1.807) is 6.33 Å². The normalized spacial score (nSPS) is 25.9. The Morgan fingerprint density at radius 2 is 2.00 bits per heavy atom. The molecule has 0 amide bonds. The van der Waals surface area contributed by atoms with Crippen LogP contribution in [-0.4, -0.2) is 75.3 Å². The summed E-state index contributed by atoms with van der Waals surface area (Å²) in [5.41, 5.74) is -0.0676. The first-order valence-corrected chi connectivity index (χ1v) is 9.71. The fourth-order valence-corrected chi connectivity index (χ4v) is 4.10. The number of anilines is 2. The summed E-state index contributed by atoms with van der Waals surface area (Å²) in [5, 5.41) is 0. The molecule has 3 fully saturated rings. The first kappa shape index (κ1) is 17.9. The summed E-state index contributed by atoms with van der Waals surface area (Å²) in [6, 6.07) is 2.04. The molecule has 1 spiro atoms. The number of hydrogen-bond acceptors (Lipinski definition) is 7. The van der Waals surface area contributed by atoms with Gasteiger partial charge in [-0.3, -0.25) is 0 Å². The first-order chi connectivity index (χ1) is 12.6. The zero-order valence-corrected chi connectivity index (χ0v) is 15.9. The lowest BCUT2D eigenvalue weighted by molar-refractivity contribution is -0.150. The predicted molar refractivity (Wildman–Crippen MR) is 99.8 cm³/mol. The number of nitrogens with zero attached hydrogens (tertiary/aromatic N) is 4. The molecule has 0 aromatic carbocycles. The summed E-state index contributed by atoms with van der Waals surface area (Å²) in [6.45, 7) is 5.19. The van der Waals surface area contributed by atoms with Gasteiger partial charge in [0.15, 0.2) is 0 Å². The van der Waals surface area contributed by atoms with Crippen LogP contribution in [0.5, 0.6) is 0 Å². The average molecular weight is 362 g/mol. The van der Waals surface area contributed by atoms with Gasteiger partial charge in [-0.15, -0.1) is 0 Å². The maximum Gasteiger partial charge on any atom is 0.134 e. The molecule has 1 atom stereocenters. The Bertz CT molecular complexity index is 600. The van der Waals surface area contributed by atoms with Crippen LogP contribution in [0, 0.1) is 5.92 Å². The molecule has 144 valence electrons. The van der Waals surface area contributed by atoms with E-state index in [9.17, 15) is 0 Å². The van der Waals surface area contributed by atoms with Crippen LogP contribution >= 0.6 is 0 Å². The largest absolute Gasteiger partial charge is 0.381 e. The summed E-state index contributed by atoms with van der Waals surface area (Å²) in [5.74, 6) is 2.56. The maximum atomic E-state index is 6.26. The van der Waals surface area contributed by atoms with Gasteiger partial charge in [-0.2, -0.15) is 0 Å². The lowest BCUT2D eigenvalue weighted by Crippen LogP contribution is -2.66. The van der Waals surface area contributed by atoms with Crippen LogP contribution in [0.25, 0.3) is 0 Å². The molecule has 3 saturated heterocycles. The molecule has 7 heteroatoms. The van der Waals surface area contributed by atoms with Crippen LogP contribution in [0.15, 0.2) is 12.4 Å². The van der Waals surface area contributed by atoms with Gasteiger partial charge in [-0.05, 0) is 25.2 Å². The van der Waals surface area contributed by atoms with Gasteiger partial charge in [0.1, 0.15) is 23.6 Å². The van der Waals surface area contributed by atoms with E-state index in [1.165, 1.54) is 0 Å². The van der Waals surface area contributed by atoms with E-state index < -0.39 is 0 Å². The first-order valence-electron chi connectivity index (χ1n) is 9.71. The molecule has 4 heterocycles. The highest BCUT2D eigenvalue weighted by Crippen LogP contribution is 2.38. The Hall–Kier alpha value is -1.44. The Morgan fingerprint density at radius 3 is 2.77 bits per heavy atom. The van der Waals surface area contributed by atoms with Crippen molar-refractivity contribution in [3.05, 3.63) is 12.4 Å². The summed E-state index contributed by atoms with van der Waals surface area (Å²) < 4.78 is 17.8. The summed E-state index contributed by atoms with van der Waals surface area (Å²) in [6.07, 6.45) is 6.20. The van der Waals surface area contributed by atoms with Crippen LogP contribution < -0.4 is 9.80 Å². The molecule has 1 aromatic rings. The lowest BCUT2D eigenvalue weighted by Gasteiger charge is -2.53. The van der Waals surface area contributed by atoms with Crippen molar-refractivity contribution in [3.8, 4) is 0 Å². The minimum atomic E-state index is -0.0676. The van der Waals surface area contributed by atoms with Gasteiger partial charge in [0.05, 0.1) is 19.2 Å². The molecule has 0 aliphatic carbocycles. The van der Waals surface area contributed by atoms with E-state index in [-0.39, 0.29) is 5.60 Å². The Labute approximate surface area is 155 Å². The quantitative estimate of drug-likeness (QED) is 0.790. The fraction of sp³-hybridized carbons (Fsp3) is 0.789. The smallest absolute Gasteiger partial charge is 0.134 e. The zero-order valence-electron chi connectivity index (χ0n) is 15.9. The molecular weight excluding hydrogens is 332 g/mol. The van der Waals surface area contributed by atoms with Crippen molar-refractivity contribution in [1.82, 2.24) is 9.97 Å². The molecule has 0 radical (unpaired) electrons. The molecule has 4 rings (SSSR count). The van der Waals surface area contributed by atoms with Crippen LogP contribution in [0.2, 0.25) is 0 Å². The molecule has 1 aromatic heterocycles. The van der Waals surface area contributed by atoms with E-state index >= 15 is 0 Å². The van der Waals surface area contributed by atoms with Crippen molar-refractivity contribution >= 4 is 11.6 Å². The highest BCUT2D eigenvalue weighted by atomic mass is 16.5. The van der Waals surface area contributed by atoms with Gasteiger partial charge in [-0.25, -0.2) is 9.97 Å². The minimum Gasteiger partial charge on any atom is -0.381 e. The molecule has 3 aliphatic rings. The van der Waals surface area contributed by atoms with E-state index in [1.807, 2.05) is 25.1 Å². The third-order valence-corrected chi connectivity index (χ3v) is 5.73. The van der Waals surface area contributed by atoms with Crippen molar-refractivity contribution < 1.29 is 14.2 Å². The second-order valence-electron chi connectivity index (χ2n) is 8.02. The second-order valence-corrected chi connectivity index (χ2v) is 8.02. The highest BCUT2D eigenvalue weighted by molar-refractivity contribution is 5.52. The Morgan fingerprint density at radius 1 is 1.19 bits per heavy atom. The van der Waals surface area contributed by atoms with Crippen LogP contribution in [0.4, 0.5) is 11.6 Å². The third kappa shape index (κ3) is 3.94. The van der Waals surface area contributed by atoms with Gasteiger partial charge >= 0.3 is 0 Å². The van der Waals surface area contributed by atoms with Crippen molar-refractivity contribution in [2.75, 3.05) is 63.4 Å². The molecule has 7 nitrogen and oxygen atoms in total.